The van der Waals surface area contributed by atoms with Crippen LogP contribution in [0.25, 0.3) is 0 Å². The van der Waals surface area contributed by atoms with Gasteiger partial charge in [-0.25, -0.2) is 9.78 Å². The first kappa shape index (κ1) is 15.1. The largest absolute Gasteiger partial charge is 0.492 e. The molecule has 1 aliphatic heterocycles. The van der Waals surface area contributed by atoms with Gasteiger partial charge in [0.2, 0.25) is 0 Å². The summed E-state index contributed by atoms with van der Waals surface area (Å²) in [6.45, 7) is 5.70. The number of aromatic nitrogens is 1. The molecule has 0 fully saturated rings. The van der Waals surface area contributed by atoms with Crippen molar-refractivity contribution < 1.29 is 9.53 Å². The third kappa shape index (κ3) is 3.06. The number of carbonyl (C=O) groups is 1. The molecule has 2 amide bonds. The Kier molecular flexibility index (Phi) is 4.32. The predicted molar refractivity (Wildman–Crippen MR) is 90.2 cm³/mol. The van der Waals surface area contributed by atoms with Crippen molar-refractivity contribution in [3.63, 3.8) is 0 Å². The fraction of sp³-hybridized carbons (Fsp3) is 0.294. The van der Waals surface area contributed by atoms with Gasteiger partial charge in [-0.3, -0.25) is 5.32 Å². The van der Waals surface area contributed by atoms with E-state index < -0.39 is 0 Å². The standard InChI is InChI=1S/C17H20N4O2/c1-3-21-11-12-13(9-10-18-16(12)20-17(21)22)19-14-7-5-6-8-15(14)23-4-2/h5-10H,3-4,11H2,1-2H3,(H2,18,19,20,22). The Labute approximate surface area is 135 Å². The normalized spacial score (nSPS) is 13.3. The summed E-state index contributed by atoms with van der Waals surface area (Å²) in [5.41, 5.74) is 2.78. The minimum Gasteiger partial charge on any atom is -0.492 e. The second-order valence-corrected chi connectivity index (χ2v) is 5.18. The molecule has 0 aliphatic carbocycles. The lowest BCUT2D eigenvalue weighted by molar-refractivity contribution is 0.209. The molecule has 0 unspecified atom stereocenters. The lowest BCUT2D eigenvalue weighted by atomic mass is 10.1. The Morgan fingerprint density at radius 1 is 1.26 bits per heavy atom. The smallest absolute Gasteiger partial charge is 0.323 e. The van der Waals surface area contributed by atoms with Crippen LogP contribution in [0.2, 0.25) is 0 Å². The summed E-state index contributed by atoms with van der Waals surface area (Å²) in [7, 11) is 0. The number of para-hydroxylation sites is 2. The monoisotopic (exact) mass is 312 g/mol. The molecule has 2 aromatic rings. The van der Waals surface area contributed by atoms with Gasteiger partial charge in [0.1, 0.15) is 11.6 Å². The molecular weight excluding hydrogens is 292 g/mol. The third-order valence-electron chi connectivity index (χ3n) is 3.76. The van der Waals surface area contributed by atoms with Gasteiger partial charge in [0.25, 0.3) is 0 Å². The Balaban J connectivity index is 1.93. The van der Waals surface area contributed by atoms with Crippen molar-refractivity contribution in [1.82, 2.24) is 9.88 Å². The average molecular weight is 312 g/mol. The molecule has 1 aromatic heterocycles. The van der Waals surface area contributed by atoms with Gasteiger partial charge in [-0.1, -0.05) is 12.1 Å². The first-order valence-electron chi connectivity index (χ1n) is 7.75. The molecule has 0 spiro atoms. The van der Waals surface area contributed by atoms with E-state index >= 15 is 0 Å². The van der Waals surface area contributed by atoms with Gasteiger partial charge in [-0.15, -0.1) is 0 Å². The van der Waals surface area contributed by atoms with E-state index in [1.807, 2.05) is 44.2 Å². The van der Waals surface area contributed by atoms with E-state index in [9.17, 15) is 4.79 Å². The summed E-state index contributed by atoms with van der Waals surface area (Å²) in [6.07, 6.45) is 1.69. The molecule has 2 N–H and O–H groups in total. The number of hydrogen-bond donors (Lipinski definition) is 2. The van der Waals surface area contributed by atoms with Gasteiger partial charge >= 0.3 is 6.03 Å². The fourth-order valence-corrected chi connectivity index (χ4v) is 2.57. The highest BCUT2D eigenvalue weighted by Crippen LogP contribution is 2.33. The Bertz CT molecular complexity index is 717. The summed E-state index contributed by atoms with van der Waals surface area (Å²) in [5, 5.41) is 6.23. The molecule has 23 heavy (non-hydrogen) atoms. The molecule has 1 aliphatic rings. The average Bonchev–Trinajstić information content (AvgIpc) is 2.56. The molecule has 0 saturated carbocycles. The van der Waals surface area contributed by atoms with E-state index in [1.165, 1.54) is 0 Å². The van der Waals surface area contributed by atoms with Crippen LogP contribution in [0, 0.1) is 0 Å². The minimum atomic E-state index is -0.112. The van der Waals surface area contributed by atoms with Crippen LogP contribution in [0.1, 0.15) is 19.4 Å². The quantitative estimate of drug-likeness (QED) is 0.885. The maximum absolute atomic E-state index is 11.9. The number of nitrogens with one attached hydrogen (secondary N) is 2. The summed E-state index contributed by atoms with van der Waals surface area (Å²) in [6, 6.07) is 9.60. The van der Waals surface area contributed by atoms with Crippen molar-refractivity contribution in [2.45, 2.75) is 20.4 Å². The van der Waals surface area contributed by atoms with Crippen LogP contribution < -0.4 is 15.4 Å². The zero-order valence-electron chi connectivity index (χ0n) is 13.3. The predicted octanol–water partition coefficient (Wildman–Crippen LogP) is 3.59. The first-order valence-corrected chi connectivity index (χ1v) is 7.75. The van der Waals surface area contributed by atoms with Crippen LogP contribution >= 0.6 is 0 Å². The lowest BCUT2D eigenvalue weighted by Crippen LogP contribution is -2.39. The summed E-state index contributed by atoms with van der Waals surface area (Å²) in [5.74, 6) is 1.41. The molecule has 0 saturated heterocycles. The minimum absolute atomic E-state index is 0.112. The zero-order chi connectivity index (χ0) is 16.2. The van der Waals surface area contributed by atoms with Crippen molar-refractivity contribution in [3.05, 3.63) is 42.1 Å². The van der Waals surface area contributed by atoms with Crippen molar-refractivity contribution in [2.75, 3.05) is 23.8 Å². The number of anilines is 3. The highest BCUT2D eigenvalue weighted by atomic mass is 16.5. The number of carbonyl (C=O) groups excluding carboxylic acids is 1. The third-order valence-corrected chi connectivity index (χ3v) is 3.76. The Hall–Kier alpha value is -2.76. The van der Waals surface area contributed by atoms with Gasteiger partial charge < -0.3 is 15.0 Å². The van der Waals surface area contributed by atoms with Gasteiger partial charge in [-0.2, -0.15) is 0 Å². The molecule has 0 bridgehead atoms. The topological polar surface area (TPSA) is 66.5 Å². The van der Waals surface area contributed by atoms with E-state index in [1.54, 1.807) is 11.1 Å². The van der Waals surface area contributed by atoms with Crippen LogP contribution in [0.3, 0.4) is 0 Å². The number of urea groups is 1. The van der Waals surface area contributed by atoms with E-state index in [0.29, 0.717) is 25.5 Å². The number of rotatable bonds is 5. The van der Waals surface area contributed by atoms with Gasteiger partial charge in [0, 0.05) is 24.0 Å². The van der Waals surface area contributed by atoms with Crippen LogP contribution in [0.15, 0.2) is 36.5 Å². The summed E-state index contributed by atoms with van der Waals surface area (Å²) < 4.78 is 5.65. The van der Waals surface area contributed by atoms with Crippen molar-refractivity contribution in [1.29, 1.82) is 0 Å². The molecule has 6 heteroatoms. The molecule has 0 radical (unpaired) electrons. The molecule has 2 heterocycles. The summed E-state index contributed by atoms with van der Waals surface area (Å²) >= 11 is 0. The fourth-order valence-electron chi connectivity index (χ4n) is 2.57. The van der Waals surface area contributed by atoms with Gasteiger partial charge in [0.15, 0.2) is 0 Å². The Morgan fingerprint density at radius 2 is 2.09 bits per heavy atom. The van der Waals surface area contributed by atoms with Crippen molar-refractivity contribution >= 4 is 23.2 Å². The molecule has 1 aromatic carbocycles. The second-order valence-electron chi connectivity index (χ2n) is 5.18. The molecule has 0 atom stereocenters. The van der Waals surface area contributed by atoms with Crippen LogP contribution in [0.4, 0.5) is 22.0 Å². The van der Waals surface area contributed by atoms with E-state index in [2.05, 4.69) is 15.6 Å². The SMILES string of the molecule is CCOc1ccccc1Nc1ccnc2c1CN(CC)C(=O)N2. The first-order chi connectivity index (χ1) is 11.2. The molecule has 120 valence electrons. The summed E-state index contributed by atoms with van der Waals surface area (Å²) in [4.78, 5) is 17.9. The van der Waals surface area contributed by atoms with Gasteiger partial charge in [0.05, 0.1) is 18.8 Å². The number of benzene rings is 1. The number of hydrogen-bond acceptors (Lipinski definition) is 4. The number of fused-ring (bicyclic) bond motifs is 1. The second kappa shape index (κ2) is 6.56. The van der Waals surface area contributed by atoms with Crippen LogP contribution in [-0.4, -0.2) is 29.1 Å². The lowest BCUT2D eigenvalue weighted by Gasteiger charge is -2.29. The Morgan fingerprint density at radius 3 is 2.87 bits per heavy atom. The molecule has 3 rings (SSSR count). The van der Waals surface area contributed by atoms with E-state index in [4.69, 9.17) is 4.74 Å². The molecular formula is C17H20N4O2. The number of nitrogens with zero attached hydrogens (tertiary/aromatic N) is 2. The van der Waals surface area contributed by atoms with Crippen molar-refractivity contribution in [3.8, 4) is 5.75 Å². The number of ether oxygens (including phenoxy) is 1. The number of amides is 2. The van der Waals surface area contributed by atoms with E-state index in [-0.39, 0.29) is 6.03 Å². The van der Waals surface area contributed by atoms with Crippen LogP contribution in [0.5, 0.6) is 5.75 Å². The zero-order valence-corrected chi connectivity index (χ0v) is 13.3. The highest BCUT2D eigenvalue weighted by molar-refractivity contribution is 5.92. The highest BCUT2D eigenvalue weighted by Gasteiger charge is 2.24. The maximum atomic E-state index is 11.9. The number of pyridine rings is 1. The molecule has 6 nitrogen and oxygen atoms in total. The van der Waals surface area contributed by atoms with Crippen LogP contribution in [-0.2, 0) is 6.54 Å². The van der Waals surface area contributed by atoms with E-state index in [0.717, 1.165) is 22.7 Å². The maximum Gasteiger partial charge on any atom is 0.323 e. The van der Waals surface area contributed by atoms with Gasteiger partial charge in [-0.05, 0) is 32.0 Å². The van der Waals surface area contributed by atoms with Crippen molar-refractivity contribution in [2.24, 2.45) is 0 Å².